The van der Waals surface area contributed by atoms with E-state index in [-0.39, 0.29) is 25.2 Å². The van der Waals surface area contributed by atoms with Crippen molar-refractivity contribution in [2.75, 3.05) is 0 Å². The first-order valence-electron chi connectivity index (χ1n) is 5.18. The second-order valence-electron chi connectivity index (χ2n) is 4.24. The third kappa shape index (κ3) is 4.09. The number of Topliss-reactive ketones (excluding diaryl/α,β-unsaturated/α-hetero) is 1. The lowest BCUT2D eigenvalue weighted by molar-refractivity contribution is -0.120. The van der Waals surface area contributed by atoms with E-state index in [4.69, 9.17) is 0 Å². The van der Waals surface area contributed by atoms with E-state index >= 15 is 0 Å². The normalized spacial score (nSPS) is 11.8. The van der Waals surface area contributed by atoms with Crippen molar-refractivity contribution in [3.05, 3.63) is 32.4 Å². The predicted octanol–water partition coefficient (Wildman–Crippen LogP) is 3.79. The van der Waals surface area contributed by atoms with Gasteiger partial charge in [-0.3, -0.25) is 4.79 Å². The molecule has 1 atom stereocenters. The zero-order valence-corrected chi connectivity index (χ0v) is 13.4. The summed E-state index contributed by atoms with van der Waals surface area (Å²) in [5.74, 6) is 0.393. The van der Waals surface area contributed by atoms with E-state index in [1.807, 2.05) is 6.92 Å². The van der Waals surface area contributed by atoms with Crippen molar-refractivity contribution in [3.63, 3.8) is 0 Å². The summed E-state index contributed by atoms with van der Waals surface area (Å²) in [5, 5.41) is 0. The van der Waals surface area contributed by atoms with Gasteiger partial charge in [-0.25, -0.2) is 0 Å². The van der Waals surface area contributed by atoms with Gasteiger partial charge in [-0.1, -0.05) is 13.0 Å². The molecule has 16 heavy (non-hydrogen) atoms. The molecule has 0 unspecified atom stereocenters. The molecule has 0 aromatic heterocycles. The lowest BCUT2D eigenvalue weighted by atomic mass is 9.95. The van der Waals surface area contributed by atoms with E-state index in [1.165, 1.54) is 20.3 Å². The van der Waals surface area contributed by atoms with Crippen LogP contribution in [0.4, 0.5) is 0 Å². The Morgan fingerprint density at radius 2 is 1.81 bits per heavy atom. The molecule has 1 aromatic rings. The molecule has 0 N–H and O–H groups in total. The van der Waals surface area contributed by atoms with Crippen LogP contribution in [-0.2, 0) is 11.2 Å². The first-order valence-corrected chi connectivity index (χ1v) is 6.25. The number of benzene rings is 1. The Labute approximate surface area is 119 Å². The Morgan fingerprint density at radius 1 is 1.31 bits per heavy atom. The first kappa shape index (κ1) is 16.0. The van der Waals surface area contributed by atoms with Gasteiger partial charge in [-0.15, -0.1) is 0 Å². The molecule has 0 bridgehead atoms. The number of hydrogen-bond donors (Lipinski definition) is 0. The van der Waals surface area contributed by atoms with Crippen molar-refractivity contribution < 1.29 is 4.79 Å². The van der Waals surface area contributed by atoms with Crippen molar-refractivity contribution >= 4 is 41.9 Å². The smallest absolute Gasteiger partial charge is 0.132 e. The monoisotopic (exact) mass is 350 g/mol. The Bertz CT molecular complexity index is 388. The predicted molar refractivity (Wildman–Crippen MR) is 82.6 cm³/mol. The van der Waals surface area contributed by atoms with Crippen LogP contribution in [0.1, 0.15) is 30.5 Å². The van der Waals surface area contributed by atoms with Crippen LogP contribution in [0.25, 0.3) is 0 Å². The highest BCUT2D eigenvalue weighted by Crippen LogP contribution is 2.21. The molecule has 0 saturated carbocycles. The van der Waals surface area contributed by atoms with Gasteiger partial charge in [0, 0.05) is 9.49 Å². The molecule has 1 aromatic carbocycles. The molecule has 3 heteroatoms. The SMILES string of the molecule is CC(=O)[C@@H](C)Cc1cc(C)c(C)cc1I.S. The first-order chi connectivity index (χ1) is 6.91. The van der Waals surface area contributed by atoms with Crippen LogP contribution >= 0.6 is 36.1 Å². The van der Waals surface area contributed by atoms with Crippen LogP contribution < -0.4 is 0 Å². The van der Waals surface area contributed by atoms with Gasteiger partial charge in [0.1, 0.15) is 5.78 Å². The fourth-order valence-electron chi connectivity index (χ4n) is 1.47. The van der Waals surface area contributed by atoms with E-state index in [1.54, 1.807) is 6.92 Å². The third-order valence-corrected chi connectivity index (χ3v) is 3.89. The molecule has 0 aliphatic heterocycles. The minimum atomic E-state index is 0. The summed E-state index contributed by atoms with van der Waals surface area (Å²) >= 11 is 2.35. The number of carbonyl (C=O) groups is 1. The Kier molecular flexibility index (Phi) is 6.63. The highest BCUT2D eigenvalue weighted by atomic mass is 127. The topological polar surface area (TPSA) is 17.1 Å². The van der Waals surface area contributed by atoms with Crippen molar-refractivity contribution in [2.24, 2.45) is 5.92 Å². The number of halogens is 1. The van der Waals surface area contributed by atoms with Gasteiger partial charge in [0.2, 0.25) is 0 Å². The average molecular weight is 350 g/mol. The molecule has 0 aliphatic rings. The average Bonchev–Trinajstić information content (AvgIpc) is 2.13. The number of carbonyl (C=O) groups excluding carboxylic acids is 1. The molecule has 1 nitrogen and oxygen atoms in total. The maximum absolute atomic E-state index is 11.2. The zero-order chi connectivity index (χ0) is 11.6. The highest BCUT2D eigenvalue weighted by molar-refractivity contribution is 14.1. The molecule has 0 amide bonds. The summed E-state index contributed by atoms with van der Waals surface area (Å²) in [6, 6.07) is 4.40. The standard InChI is InChI=1S/C13H17IO.H2S/c1-8-5-12(6-10(3)11(4)15)13(14)7-9(8)2;/h5,7,10H,6H2,1-4H3;1H2/t10-;/m0./s1. The molecule has 0 fully saturated rings. The summed E-state index contributed by atoms with van der Waals surface area (Å²) in [5.41, 5.74) is 3.92. The second-order valence-corrected chi connectivity index (χ2v) is 5.41. The van der Waals surface area contributed by atoms with Crippen LogP contribution in [0.2, 0.25) is 0 Å². The molecule has 0 aliphatic carbocycles. The minimum absolute atomic E-state index is 0. The van der Waals surface area contributed by atoms with Crippen molar-refractivity contribution in [2.45, 2.75) is 34.1 Å². The van der Waals surface area contributed by atoms with Crippen LogP contribution in [-0.4, -0.2) is 5.78 Å². The van der Waals surface area contributed by atoms with Crippen molar-refractivity contribution in [3.8, 4) is 0 Å². The van der Waals surface area contributed by atoms with Gasteiger partial charge in [0.15, 0.2) is 0 Å². The summed E-state index contributed by atoms with van der Waals surface area (Å²) in [6.45, 7) is 7.90. The van der Waals surface area contributed by atoms with E-state index in [9.17, 15) is 4.79 Å². The molecular formula is C13H19IOS. The lowest BCUT2D eigenvalue weighted by Gasteiger charge is -2.12. The molecular weight excluding hydrogens is 331 g/mol. The Hall–Kier alpha value is -0.0300. The van der Waals surface area contributed by atoms with Crippen LogP contribution in [0, 0.1) is 23.3 Å². The lowest BCUT2D eigenvalue weighted by Crippen LogP contribution is -2.10. The van der Waals surface area contributed by atoms with E-state index in [0.29, 0.717) is 0 Å². The molecule has 0 saturated heterocycles. The molecule has 0 spiro atoms. The van der Waals surface area contributed by atoms with Crippen LogP contribution in [0.15, 0.2) is 12.1 Å². The summed E-state index contributed by atoms with van der Waals surface area (Å²) < 4.78 is 1.27. The second kappa shape index (κ2) is 6.64. The summed E-state index contributed by atoms with van der Waals surface area (Å²) in [7, 11) is 0. The van der Waals surface area contributed by atoms with Gasteiger partial charge in [-0.05, 0) is 72.5 Å². The molecule has 0 radical (unpaired) electrons. The maximum atomic E-state index is 11.2. The highest BCUT2D eigenvalue weighted by Gasteiger charge is 2.11. The number of aryl methyl sites for hydroxylation is 2. The maximum Gasteiger partial charge on any atom is 0.132 e. The van der Waals surface area contributed by atoms with E-state index in [0.717, 1.165) is 6.42 Å². The van der Waals surface area contributed by atoms with E-state index in [2.05, 4.69) is 48.6 Å². The quantitative estimate of drug-likeness (QED) is 0.758. The van der Waals surface area contributed by atoms with Gasteiger partial charge in [-0.2, -0.15) is 13.5 Å². The van der Waals surface area contributed by atoms with E-state index < -0.39 is 0 Å². The number of hydrogen-bond acceptors (Lipinski definition) is 1. The van der Waals surface area contributed by atoms with Gasteiger partial charge < -0.3 is 0 Å². The zero-order valence-electron chi connectivity index (χ0n) is 10.2. The van der Waals surface area contributed by atoms with Gasteiger partial charge in [0.05, 0.1) is 0 Å². The van der Waals surface area contributed by atoms with Crippen LogP contribution in [0.3, 0.4) is 0 Å². The molecule has 90 valence electrons. The summed E-state index contributed by atoms with van der Waals surface area (Å²) in [6.07, 6.45) is 0.856. The van der Waals surface area contributed by atoms with Crippen molar-refractivity contribution in [1.29, 1.82) is 0 Å². The summed E-state index contributed by atoms with van der Waals surface area (Å²) in [4.78, 5) is 11.2. The fourth-order valence-corrected chi connectivity index (χ4v) is 2.31. The fraction of sp³-hybridized carbons (Fsp3) is 0.462. The molecule has 0 heterocycles. The Balaban J connectivity index is 0.00000225. The largest absolute Gasteiger partial charge is 0.300 e. The van der Waals surface area contributed by atoms with Crippen LogP contribution in [0.5, 0.6) is 0 Å². The number of rotatable bonds is 3. The third-order valence-electron chi connectivity index (χ3n) is 2.88. The van der Waals surface area contributed by atoms with Gasteiger partial charge >= 0.3 is 0 Å². The van der Waals surface area contributed by atoms with Gasteiger partial charge in [0.25, 0.3) is 0 Å². The molecule has 1 rings (SSSR count). The number of ketones is 1. The van der Waals surface area contributed by atoms with Crippen molar-refractivity contribution in [1.82, 2.24) is 0 Å². The minimum Gasteiger partial charge on any atom is -0.300 e. The Morgan fingerprint density at radius 3 is 2.31 bits per heavy atom.